The fourth-order valence-electron chi connectivity index (χ4n) is 2.26. The Hall–Kier alpha value is -1.82. The van der Waals surface area contributed by atoms with E-state index in [1.807, 2.05) is 23.9 Å². The van der Waals surface area contributed by atoms with E-state index in [2.05, 4.69) is 15.5 Å². The van der Waals surface area contributed by atoms with Gasteiger partial charge in [0.2, 0.25) is 0 Å². The van der Waals surface area contributed by atoms with Crippen LogP contribution in [0.3, 0.4) is 0 Å². The number of anilines is 1. The Morgan fingerprint density at radius 1 is 1.48 bits per heavy atom. The zero-order chi connectivity index (χ0) is 14.8. The molecule has 6 nitrogen and oxygen atoms in total. The molecule has 1 N–H and O–H groups in total. The molecule has 1 aliphatic carbocycles. The minimum Gasteiger partial charge on any atom is -0.375 e. The summed E-state index contributed by atoms with van der Waals surface area (Å²) in [6.45, 7) is 3.33. The molecular weight excluding hydrogens is 290 g/mol. The molecule has 0 radical (unpaired) electrons. The summed E-state index contributed by atoms with van der Waals surface area (Å²) in [6, 6.07) is 1.90. The topological polar surface area (TPSA) is 64.7 Å². The number of aromatic nitrogens is 4. The Bertz CT molecular complexity index is 662. The van der Waals surface area contributed by atoms with Crippen molar-refractivity contribution >= 4 is 17.3 Å². The molecule has 2 aromatic rings. The van der Waals surface area contributed by atoms with Crippen LogP contribution in [0.25, 0.3) is 0 Å². The minimum absolute atomic E-state index is 0.0341. The maximum Gasteiger partial charge on any atom is 0.291 e. The van der Waals surface area contributed by atoms with E-state index < -0.39 is 0 Å². The van der Waals surface area contributed by atoms with Gasteiger partial charge in [0.1, 0.15) is 5.69 Å². The molecule has 1 aliphatic rings. The van der Waals surface area contributed by atoms with Gasteiger partial charge in [-0.1, -0.05) is 11.6 Å². The first-order valence-electron chi connectivity index (χ1n) is 7.13. The van der Waals surface area contributed by atoms with Crippen LogP contribution in [0, 0.1) is 5.92 Å². The molecule has 21 heavy (non-hydrogen) atoms. The highest BCUT2D eigenvalue weighted by atomic mass is 35.5. The molecule has 0 saturated heterocycles. The SMILES string of the molecule is CC(Cn1cccn1)Nc1c(Cl)cnn(CC2CC2)c1=O. The molecule has 112 valence electrons. The smallest absolute Gasteiger partial charge is 0.291 e. The summed E-state index contributed by atoms with van der Waals surface area (Å²) >= 11 is 6.12. The monoisotopic (exact) mass is 307 g/mol. The predicted molar refractivity (Wildman–Crippen MR) is 81.5 cm³/mol. The zero-order valence-electron chi connectivity index (χ0n) is 11.9. The van der Waals surface area contributed by atoms with E-state index in [-0.39, 0.29) is 11.6 Å². The molecular formula is C14H18ClN5O. The van der Waals surface area contributed by atoms with Crippen molar-refractivity contribution in [1.82, 2.24) is 19.6 Å². The number of nitrogens with zero attached hydrogens (tertiary/aromatic N) is 4. The highest BCUT2D eigenvalue weighted by molar-refractivity contribution is 6.33. The maximum absolute atomic E-state index is 12.4. The Balaban J connectivity index is 1.75. The van der Waals surface area contributed by atoms with Gasteiger partial charge in [0.05, 0.1) is 17.8 Å². The van der Waals surface area contributed by atoms with E-state index in [0.717, 1.165) is 0 Å². The van der Waals surface area contributed by atoms with Crippen molar-refractivity contribution in [1.29, 1.82) is 0 Å². The summed E-state index contributed by atoms with van der Waals surface area (Å²) in [4.78, 5) is 12.4. The number of rotatable bonds is 6. The summed E-state index contributed by atoms with van der Waals surface area (Å²) < 4.78 is 3.32. The largest absolute Gasteiger partial charge is 0.375 e. The van der Waals surface area contributed by atoms with Crippen LogP contribution in [0.2, 0.25) is 5.02 Å². The standard InChI is InChI=1S/C14H18ClN5O/c1-10(8-19-6-2-5-16-19)18-13-12(15)7-17-20(14(13)21)9-11-3-4-11/h2,5-7,10-11,18H,3-4,8-9H2,1H3. The fraction of sp³-hybridized carbons (Fsp3) is 0.500. The second kappa shape index (κ2) is 5.89. The van der Waals surface area contributed by atoms with Crippen molar-refractivity contribution in [3.63, 3.8) is 0 Å². The van der Waals surface area contributed by atoms with Crippen LogP contribution in [0.4, 0.5) is 5.69 Å². The molecule has 1 atom stereocenters. The lowest BCUT2D eigenvalue weighted by Gasteiger charge is -2.16. The molecule has 7 heteroatoms. The van der Waals surface area contributed by atoms with Gasteiger partial charge in [-0.05, 0) is 31.7 Å². The molecule has 2 aromatic heterocycles. The van der Waals surface area contributed by atoms with Crippen LogP contribution in [0.1, 0.15) is 19.8 Å². The van der Waals surface area contributed by atoms with Gasteiger partial charge < -0.3 is 5.32 Å². The molecule has 0 bridgehead atoms. The Morgan fingerprint density at radius 2 is 2.29 bits per heavy atom. The van der Waals surface area contributed by atoms with Crippen LogP contribution < -0.4 is 10.9 Å². The van der Waals surface area contributed by atoms with Crippen molar-refractivity contribution in [2.24, 2.45) is 5.92 Å². The molecule has 0 aromatic carbocycles. The van der Waals surface area contributed by atoms with Gasteiger partial charge in [-0.15, -0.1) is 0 Å². The van der Waals surface area contributed by atoms with E-state index in [1.165, 1.54) is 23.7 Å². The molecule has 2 heterocycles. The third-order valence-electron chi connectivity index (χ3n) is 3.54. The molecule has 1 fully saturated rings. The van der Waals surface area contributed by atoms with E-state index in [4.69, 9.17) is 11.6 Å². The molecule has 3 rings (SSSR count). The van der Waals surface area contributed by atoms with E-state index in [1.54, 1.807) is 6.20 Å². The highest BCUT2D eigenvalue weighted by Gasteiger charge is 2.23. The van der Waals surface area contributed by atoms with E-state index in [0.29, 0.717) is 29.7 Å². The third-order valence-corrected chi connectivity index (χ3v) is 3.82. The molecule has 0 spiro atoms. The second-order valence-corrected chi connectivity index (χ2v) is 5.98. The minimum atomic E-state index is -0.151. The lowest BCUT2D eigenvalue weighted by molar-refractivity contribution is 0.530. The van der Waals surface area contributed by atoms with Gasteiger partial charge >= 0.3 is 0 Å². The molecule has 0 amide bonds. The fourth-order valence-corrected chi connectivity index (χ4v) is 2.43. The zero-order valence-corrected chi connectivity index (χ0v) is 12.6. The van der Waals surface area contributed by atoms with Crippen molar-refractivity contribution in [2.45, 2.75) is 38.9 Å². The average Bonchev–Trinajstić information content (AvgIpc) is 3.13. The van der Waals surface area contributed by atoms with E-state index >= 15 is 0 Å². The van der Waals surface area contributed by atoms with Crippen molar-refractivity contribution in [2.75, 3.05) is 5.32 Å². The molecule has 1 unspecified atom stereocenters. The van der Waals surface area contributed by atoms with Crippen LogP contribution in [0.15, 0.2) is 29.5 Å². The van der Waals surface area contributed by atoms with Gasteiger partial charge in [-0.2, -0.15) is 10.2 Å². The van der Waals surface area contributed by atoms with Crippen LogP contribution in [-0.4, -0.2) is 25.6 Å². The van der Waals surface area contributed by atoms with Crippen LogP contribution in [-0.2, 0) is 13.1 Å². The number of nitrogens with one attached hydrogen (secondary N) is 1. The normalized spacial score (nSPS) is 15.9. The van der Waals surface area contributed by atoms with E-state index in [9.17, 15) is 4.79 Å². The number of halogens is 1. The Labute approximate surface area is 127 Å². The van der Waals surface area contributed by atoms with Gasteiger partial charge in [-0.25, -0.2) is 4.68 Å². The Kier molecular flexibility index (Phi) is 3.96. The molecule has 0 aliphatic heterocycles. The maximum atomic E-state index is 12.4. The number of hydrogen-bond donors (Lipinski definition) is 1. The first-order chi connectivity index (χ1) is 10.1. The highest BCUT2D eigenvalue weighted by Crippen LogP contribution is 2.30. The number of hydrogen-bond acceptors (Lipinski definition) is 4. The third kappa shape index (κ3) is 3.44. The average molecular weight is 308 g/mol. The van der Waals surface area contributed by atoms with Gasteiger partial charge in [-0.3, -0.25) is 9.48 Å². The summed E-state index contributed by atoms with van der Waals surface area (Å²) in [5.74, 6) is 0.589. The lowest BCUT2D eigenvalue weighted by Crippen LogP contribution is -2.31. The Morgan fingerprint density at radius 3 is 2.95 bits per heavy atom. The van der Waals surface area contributed by atoms with Gasteiger partial charge in [0.25, 0.3) is 5.56 Å². The van der Waals surface area contributed by atoms with Crippen molar-refractivity contribution in [3.05, 3.63) is 40.0 Å². The summed E-state index contributed by atoms with van der Waals surface area (Å²) in [7, 11) is 0. The summed E-state index contributed by atoms with van der Waals surface area (Å²) in [5, 5.41) is 11.8. The molecule has 1 saturated carbocycles. The first-order valence-corrected chi connectivity index (χ1v) is 7.51. The summed E-state index contributed by atoms with van der Waals surface area (Å²) in [5.41, 5.74) is 0.272. The lowest BCUT2D eigenvalue weighted by atomic mass is 10.3. The second-order valence-electron chi connectivity index (χ2n) is 5.57. The van der Waals surface area contributed by atoms with Gasteiger partial charge in [0.15, 0.2) is 0 Å². The van der Waals surface area contributed by atoms with Crippen LogP contribution >= 0.6 is 11.6 Å². The van der Waals surface area contributed by atoms with Crippen molar-refractivity contribution in [3.8, 4) is 0 Å². The van der Waals surface area contributed by atoms with Crippen LogP contribution in [0.5, 0.6) is 0 Å². The predicted octanol–water partition coefficient (Wildman–Crippen LogP) is 2.00. The quantitative estimate of drug-likeness (QED) is 0.886. The first kappa shape index (κ1) is 14.1. The van der Waals surface area contributed by atoms with Gasteiger partial charge in [0, 0.05) is 25.0 Å². The van der Waals surface area contributed by atoms with Crippen molar-refractivity contribution < 1.29 is 0 Å². The summed E-state index contributed by atoms with van der Waals surface area (Å²) in [6.07, 6.45) is 7.51.